The maximum atomic E-state index is 5.33. The van der Waals surface area contributed by atoms with Gasteiger partial charge in [-0.3, -0.25) is 4.99 Å². The van der Waals surface area contributed by atoms with Crippen LogP contribution in [0, 0.1) is 0 Å². The Morgan fingerprint density at radius 3 is 2.56 bits per heavy atom. The molecule has 7 nitrogen and oxygen atoms in total. The molecule has 0 saturated carbocycles. The molecule has 0 atom stereocenters. The number of nitrogens with one attached hydrogen (secondary N) is 2. The monoisotopic (exact) mass is 365 g/mol. The van der Waals surface area contributed by atoms with E-state index < -0.39 is 0 Å². The third kappa shape index (κ3) is 4.58. The topological polar surface area (TPSA) is 72.7 Å². The van der Waals surface area contributed by atoms with E-state index in [0.29, 0.717) is 24.0 Å². The van der Waals surface area contributed by atoms with Gasteiger partial charge in [-0.1, -0.05) is 18.2 Å². The van der Waals surface area contributed by atoms with Crippen molar-refractivity contribution in [3.63, 3.8) is 0 Å². The third-order valence-electron chi connectivity index (χ3n) is 3.99. The first kappa shape index (κ1) is 18.3. The molecule has 0 bridgehead atoms. The van der Waals surface area contributed by atoms with Crippen LogP contribution in [-0.2, 0) is 6.54 Å². The molecule has 0 aliphatic heterocycles. The number of benzene rings is 2. The van der Waals surface area contributed by atoms with Gasteiger partial charge in [0, 0.05) is 37.1 Å². The number of para-hydroxylation sites is 1. The van der Waals surface area contributed by atoms with Crippen LogP contribution in [0.25, 0.3) is 5.69 Å². The summed E-state index contributed by atoms with van der Waals surface area (Å²) in [5.41, 5.74) is 2.92. The zero-order valence-electron chi connectivity index (χ0n) is 15.6. The van der Waals surface area contributed by atoms with Gasteiger partial charge in [-0.2, -0.15) is 5.10 Å². The Kier molecular flexibility index (Phi) is 5.94. The summed E-state index contributed by atoms with van der Waals surface area (Å²) >= 11 is 0. The summed E-state index contributed by atoms with van der Waals surface area (Å²) in [6.45, 7) is 0.597. The van der Waals surface area contributed by atoms with E-state index in [1.807, 2.05) is 65.6 Å². The first-order valence-corrected chi connectivity index (χ1v) is 8.52. The van der Waals surface area contributed by atoms with Gasteiger partial charge >= 0.3 is 0 Å². The molecule has 0 saturated heterocycles. The van der Waals surface area contributed by atoms with Crippen LogP contribution in [-0.4, -0.2) is 37.0 Å². The van der Waals surface area contributed by atoms with Gasteiger partial charge in [0.25, 0.3) is 0 Å². The average molecular weight is 365 g/mol. The van der Waals surface area contributed by atoms with Crippen molar-refractivity contribution in [3.8, 4) is 17.2 Å². The SMILES string of the molecule is CN=C(NCc1cnn(-c2ccccc2)c1)Nc1ccc(OC)c(OC)c1. The van der Waals surface area contributed by atoms with E-state index in [4.69, 9.17) is 9.47 Å². The van der Waals surface area contributed by atoms with Crippen LogP contribution < -0.4 is 20.1 Å². The molecule has 7 heteroatoms. The average Bonchev–Trinajstić information content (AvgIpc) is 3.20. The van der Waals surface area contributed by atoms with Crippen LogP contribution >= 0.6 is 0 Å². The maximum absolute atomic E-state index is 5.33. The summed E-state index contributed by atoms with van der Waals surface area (Å²) < 4.78 is 12.4. The number of aromatic nitrogens is 2. The molecule has 0 aliphatic rings. The Morgan fingerprint density at radius 2 is 1.85 bits per heavy atom. The summed E-state index contributed by atoms with van der Waals surface area (Å²) in [6, 6.07) is 15.6. The second-order valence-corrected chi connectivity index (χ2v) is 5.75. The fraction of sp³-hybridized carbons (Fsp3) is 0.200. The van der Waals surface area contributed by atoms with Gasteiger partial charge in [0.15, 0.2) is 17.5 Å². The van der Waals surface area contributed by atoms with Crippen molar-refractivity contribution in [2.75, 3.05) is 26.6 Å². The number of aliphatic imine (C=N–C) groups is 1. The summed E-state index contributed by atoms with van der Waals surface area (Å²) in [7, 11) is 4.95. The maximum Gasteiger partial charge on any atom is 0.195 e. The van der Waals surface area contributed by atoms with E-state index in [1.165, 1.54) is 0 Å². The van der Waals surface area contributed by atoms with Crippen LogP contribution in [0.15, 0.2) is 65.9 Å². The highest BCUT2D eigenvalue weighted by Gasteiger charge is 2.07. The zero-order chi connectivity index (χ0) is 19.1. The normalized spacial score (nSPS) is 11.1. The lowest BCUT2D eigenvalue weighted by Gasteiger charge is -2.13. The fourth-order valence-corrected chi connectivity index (χ4v) is 2.59. The van der Waals surface area contributed by atoms with Crippen LogP contribution in [0.3, 0.4) is 0 Å². The van der Waals surface area contributed by atoms with Crippen LogP contribution in [0.1, 0.15) is 5.56 Å². The van der Waals surface area contributed by atoms with Crippen LogP contribution in [0.2, 0.25) is 0 Å². The number of ether oxygens (including phenoxy) is 2. The van der Waals surface area contributed by atoms with Crippen molar-refractivity contribution in [3.05, 3.63) is 66.5 Å². The molecule has 2 aromatic carbocycles. The lowest BCUT2D eigenvalue weighted by Crippen LogP contribution is -2.30. The van der Waals surface area contributed by atoms with Crippen molar-refractivity contribution >= 4 is 11.6 Å². The Labute approximate surface area is 158 Å². The van der Waals surface area contributed by atoms with E-state index in [9.17, 15) is 0 Å². The van der Waals surface area contributed by atoms with E-state index >= 15 is 0 Å². The van der Waals surface area contributed by atoms with Crippen molar-refractivity contribution in [2.24, 2.45) is 4.99 Å². The molecule has 3 rings (SSSR count). The second kappa shape index (κ2) is 8.75. The van der Waals surface area contributed by atoms with E-state index in [0.717, 1.165) is 16.9 Å². The molecule has 1 heterocycles. The minimum Gasteiger partial charge on any atom is -0.493 e. The Morgan fingerprint density at radius 1 is 1.07 bits per heavy atom. The Balaban J connectivity index is 1.62. The molecular formula is C20H23N5O2. The predicted molar refractivity (Wildman–Crippen MR) is 107 cm³/mol. The van der Waals surface area contributed by atoms with E-state index in [2.05, 4.69) is 20.7 Å². The molecule has 0 spiro atoms. The summed E-state index contributed by atoms with van der Waals surface area (Å²) in [4.78, 5) is 4.26. The van der Waals surface area contributed by atoms with Crippen molar-refractivity contribution in [1.82, 2.24) is 15.1 Å². The van der Waals surface area contributed by atoms with Gasteiger partial charge in [0.1, 0.15) is 0 Å². The smallest absolute Gasteiger partial charge is 0.195 e. The van der Waals surface area contributed by atoms with Crippen molar-refractivity contribution in [1.29, 1.82) is 0 Å². The third-order valence-corrected chi connectivity index (χ3v) is 3.99. The van der Waals surface area contributed by atoms with Crippen molar-refractivity contribution in [2.45, 2.75) is 6.54 Å². The Bertz CT molecular complexity index is 906. The largest absolute Gasteiger partial charge is 0.493 e. The first-order valence-electron chi connectivity index (χ1n) is 8.52. The quantitative estimate of drug-likeness (QED) is 0.519. The minimum atomic E-state index is 0.597. The number of anilines is 1. The minimum absolute atomic E-state index is 0.597. The summed E-state index contributed by atoms with van der Waals surface area (Å²) in [5, 5.41) is 10.9. The highest BCUT2D eigenvalue weighted by molar-refractivity contribution is 5.93. The van der Waals surface area contributed by atoms with Gasteiger partial charge in [-0.05, 0) is 24.3 Å². The number of methoxy groups -OCH3 is 2. The lowest BCUT2D eigenvalue weighted by atomic mass is 10.2. The summed E-state index contributed by atoms with van der Waals surface area (Å²) in [5.74, 6) is 1.98. The molecule has 0 aliphatic carbocycles. The Hall–Kier alpha value is -3.48. The highest BCUT2D eigenvalue weighted by atomic mass is 16.5. The zero-order valence-corrected chi connectivity index (χ0v) is 15.6. The van der Waals surface area contributed by atoms with Gasteiger partial charge < -0.3 is 20.1 Å². The number of hydrogen-bond acceptors (Lipinski definition) is 4. The van der Waals surface area contributed by atoms with Crippen LogP contribution in [0.4, 0.5) is 5.69 Å². The standard InChI is InChI=1S/C20H23N5O2/c1-21-20(24-16-9-10-18(26-2)19(11-16)27-3)22-12-15-13-23-25(14-15)17-7-5-4-6-8-17/h4-11,13-14H,12H2,1-3H3,(H2,21,22,24). The van der Waals surface area contributed by atoms with Gasteiger partial charge in [-0.15, -0.1) is 0 Å². The molecular weight excluding hydrogens is 342 g/mol. The highest BCUT2D eigenvalue weighted by Crippen LogP contribution is 2.29. The number of nitrogens with zero attached hydrogens (tertiary/aromatic N) is 3. The van der Waals surface area contributed by atoms with E-state index in [-0.39, 0.29) is 0 Å². The first-order chi connectivity index (χ1) is 13.2. The number of rotatable bonds is 6. The van der Waals surface area contributed by atoms with Gasteiger partial charge in [0.05, 0.1) is 26.1 Å². The second-order valence-electron chi connectivity index (χ2n) is 5.75. The number of hydrogen-bond donors (Lipinski definition) is 2. The molecule has 3 aromatic rings. The molecule has 0 fully saturated rings. The van der Waals surface area contributed by atoms with E-state index in [1.54, 1.807) is 21.3 Å². The lowest BCUT2D eigenvalue weighted by molar-refractivity contribution is 0.355. The number of guanidine groups is 1. The molecule has 0 amide bonds. The molecule has 27 heavy (non-hydrogen) atoms. The summed E-state index contributed by atoms with van der Waals surface area (Å²) in [6.07, 6.45) is 3.83. The molecule has 140 valence electrons. The van der Waals surface area contributed by atoms with Gasteiger partial charge in [0.2, 0.25) is 0 Å². The molecule has 2 N–H and O–H groups in total. The van der Waals surface area contributed by atoms with Gasteiger partial charge in [-0.25, -0.2) is 4.68 Å². The fourth-order valence-electron chi connectivity index (χ4n) is 2.59. The van der Waals surface area contributed by atoms with Crippen LogP contribution in [0.5, 0.6) is 11.5 Å². The van der Waals surface area contributed by atoms with Crippen molar-refractivity contribution < 1.29 is 9.47 Å². The molecule has 0 unspecified atom stereocenters. The predicted octanol–water partition coefficient (Wildman–Crippen LogP) is 3.08. The molecule has 1 aromatic heterocycles. The molecule has 0 radical (unpaired) electrons.